The predicted octanol–water partition coefficient (Wildman–Crippen LogP) is 0.120. The van der Waals surface area contributed by atoms with Crippen LogP contribution >= 0.6 is 0 Å². The standard InChI is InChI=1S/C9H10O4.2Na/c10-7(11)6-3-5-1-2-9(6,4-5)8(12)13;;/h3,5H,1-2,4H2,(H,10,11)(H,12,13);;. The van der Waals surface area contributed by atoms with Gasteiger partial charge in [-0.25, -0.2) is 4.79 Å². The van der Waals surface area contributed by atoms with E-state index in [9.17, 15) is 9.59 Å². The maximum atomic E-state index is 11.0. The minimum Gasteiger partial charge on any atom is -0.481 e. The van der Waals surface area contributed by atoms with Gasteiger partial charge in [0, 0.05) is 59.1 Å². The van der Waals surface area contributed by atoms with E-state index < -0.39 is 17.4 Å². The van der Waals surface area contributed by atoms with E-state index in [4.69, 9.17) is 10.2 Å². The molecule has 0 saturated heterocycles. The quantitative estimate of drug-likeness (QED) is 0.658. The monoisotopic (exact) mass is 228 g/mol. The molecule has 2 bridgehead atoms. The second kappa shape index (κ2) is 5.34. The SMILES string of the molecule is O=C(O)C1=CC2CCC1(C(=O)O)C2.[Na].[Na]. The molecule has 0 aromatic carbocycles. The number of aliphatic carboxylic acids is 2. The Bertz CT molecular complexity index is 326. The first kappa shape index (κ1) is 15.7. The summed E-state index contributed by atoms with van der Waals surface area (Å²) in [6.45, 7) is 0. The molecule has 2 unspecified atom stereocenters. The number of carboxylic acid groups (broad SMARTS) is 2. The van der Waals surface area contributed by atoms with Gasteiger partial charge in [0.05, 0.1) is 5.57 Å². The molecule has 1 saturated carbocycles. The van der Waals surface area contributed by atoms with Gasteiger partial charge in [0.2, 0.25) is 0 Å². The second-order valence-corrected chi connectivity index (χ2v) is 3.78. The number of hydrogen-bond donors (Lipinski definition) is 2. The third-order valence-electron chi connectivity index (χ3n) is 3.11. The van der Waals surface area contributed by atoms with E-state index in [0.29, 0.717) is 12.8 Å². The molecule has 1 fully saturated rings. The van der Waals surface area contributed by atoms with Crippen molar-refractivity contribution in [3.63, 3.8) is 0 Å². The molecule has 6 heteroatoms. The second-order valence-electron chi connectivity index (χ2n) is 3.78. The summed E-state index contributed by atoms with van der Waals surface area (Å²) in [5.74, 6) is -1.90. The summed E-state index contributed by atoms with van der Waals surface area (Å²) in [4.78, 5) is 21.8. The zero-order valence-corrected chi connectivity index (χ0v) is 13.0. The fourth-order valence-electron chi connectivity index (χ4n) is 2.45. The van der Waals surface area contributed by atoms with Gasteiger partial charge < -0.3 is 10.2 Å². The van der Waals surface area contributed by atoms with Crippen LogP contribution in [0.3, 0.4) is 0 Å². The number of hydrogen-bond acceptors (Lipinski definition) is 2. The first-order chi connectivity index (χ1) is 6.06. The number of carboxylic acids is 2. The average molecular weight is 228 g/mol. The fourth-order valence-corrected chi connectivity index (χ4v) is 2.45. The molecule has 0 aromatic rings. The molecule has 2 aliphatic rings. The van der Waals surface area contributed by atoms with Crippen LogP contribution in [0.5, 0.6) is 0 Å². The van der Waals surface area contributed by atoms with E-state index in [2.05, 4.69) is 0 Å². The van der Waals surface area contributed by atoms with Crippen LogP contribution in [0.15, 0.2) is 11.6 Å². The molecule has 15 heavy (non-hydrogen) atoms. The van der Waals surface area contributed by atoms with E-state index >= 15 is 0 Å². The van der Waals surface area contributed by atoms with Crippen molar-refractivity contribution in [3.8, 4) is 0 Å². The molecule has 2 N–H and O–H groups in total. The Morgan fingerprint density at radius 2 is 1.93 bits per heavy atom. The number of fused-ring (bicyclic) bond motifs is 2. The van der Waals surface area contributed by atoms with Crippen LogP contribution in [0.25, 0.3) is 0 Å². The molecule has 2 radical (unpaired) electrons. The first-order valence-corrected chi connectivity index (χ1v) is 4.25. The normalized spacial score (nSPS) is 31.2. The Balaban J connectivity index is 0.000000980. The molecule has 2 atom stereocenters. The summed E-state index contributed by atoms with van der Waals surface area (Å²) >= 11 is 0. The van der Waals surface area contributed by atoms with Crippen molar-refractivity contribution in [2.75, 3.05) is 0 Å². The number of allylic oxidation sites excluding steroid dienone is 1. The molecule has 2 aliphatic carbocycles. The van der Waals surface area contributed by atoms with Gasteiger partial charge in [-0.2, -0.15) is 0 Å². The van der Waals surface area contributed by atoms with Gasteiger partial charge in [-0.15, -0.1) is 0 Å². The Labute approximate surface area is 132 Å². The van der Waals surface area contributed by atoms with Crippen molar-refractivity contribution >= 4 is 71.1 Å². The van der Waals surface area contributed by atoms with Crippen molar-refractivity contribution in [1.29, 1.82) is 0 Å². The Morgan fingerprint density at radius 3 is 2.27 bits per heavy atom. The third-order valence-corrected chi connectivity index (χ3v) is 3.11. The van der Waals surface area contributed by atoms with Gasteiger partial charge in [-0.05, 0) is 25.2 Å². The largest absolute Gasteiger partial charge is 0.481 e. The fraction of sp³-hybridized carbons (Fsp3) is 0.556. The van der Waals surface area contributed by atoms with Crippen molar-refractivity contribution in [3.05, 3.63) is 11.6 Å². The van der Waals surface area contributed by atoms with Gasteiger partial charge in [-0.3, -0.25) is 4.79 Å². The Hall–Kier alpha value is 0.680. The zero-order valence-electron chi connectivity index (χ0n) is 8.99. The van der Waals surface area contributed by atoms with Crippen LogP contribution in [0.1, 0.15) is 19.3 Å². The van der Waals surface area contributed by atoms with Gasteiger partial charge in [0.1, 0.15) is 5.41 Å². The predicted molar refractivity (Wildman–Crippen MR) is 54.6 cm³/mol. The van der Waals surface area contributed by atoms with E-state index in [1.807, 2.05) is 0 Å². The summed E-state index contributed by atoms with van der Waals surface area (Å²) in [7, 11) is 0. The van der Waals surface area contributed by atoms with Crippen LogP contribution in [0.2, 0.25) is 0 Å². The van der Waals surface area contributed by atoms with Crippen LogP contribution in [0.4, 0.5) is 0 Å². The maximum Gasteiger partial charge on any atom is 0.332 e. The molecule has 0 aliphatic heterocycles. The molecule has 0 amide bonds. The summed E-state index contributed by atoms with van der Waals surface area (Å²) in [5, 5.41) is 17.8. The zero-order chi connectivity index (χ0) is 9.64. The van der Waals surface area contributed by atoms with E-state index in [1.54, 1.807) is 6.08 Å². The Morgan fingerprint density at radius 1 is 1.33 bits per heavy atom. The van der Waals surface area contributed by atoms with E-state index in [1.165, 1.54) is 0 Å². The molecule has 4 nitrogen and oxygen atoms in total. The smallest absolute Gasteiger partial charge is 0.332 e. The van der Waals surface area contributed by atoms with E-state index in [0.717, 1.165) is 6.42 Å². The summed E-state index contributed by atoms with van der Waals surface area (Å²) in [6.07, 6.45) is 3.37. The van der Waals surface area contributed by atoms with Crippen LogP contribution in [0, 0.1) is 11.3 Å². The van der Waals surface area contributed by atoms with Gasteiger partial charge >= 0.3 is 11.9 Å². The molecule has 0 spiro atoms. The molecule has 0 aromatic heterocycles. The van der Waals surface area contributed by atoms with Crippen molar-refractivity contribution < 1.29 is 19.8 Å². The molecule has 2 rings (SSSR count). The average Bonchev–Trinajstić information content (AvgIpc) is 2.60. The van der Waals surface area contributed by atoms with E-state index in [-0.39, 0.29) is 70.6 Å². The summed E-state index contributed by atoms with van der Waals surface area (Å²) < 4.78 is 0. The molecule has 72 valence electrons. The van der Waals surface area contributed by atoms with Crippen molar-refractivity contribution in [1.82, 2.24) is 0 Å². The third kappa shape index (κ3) is 2.35. The van der Waals surface area contributed by atoms with Gasteiger partial charge in [0.15, 0.2) is 0 Å². The van der Waals surface area contributed by atoms with Crippen LogP contribution < -0.4 is 0 Å². The van der Waals surface area contributed by atoms with Gasteiger partial charge in [0.25, 0.3) is 0 Å². The number of carbonyl (C=O) groups is 2. The van der Waals surface area contributed by atoms with Crippen LogP contribution in [-0.4, -0.2) is 81.3 Å². The molecular formula is C9H10Na2O4. The minimum absolute atomic E-state index is 0. The van der Waals surface area contributed by atoms with Crippen molar-refractivity contribution in [2.45, 2.75) is 19.3 Å². The van der Waals surface area contributed by atoms with Crippen molar-refractivity contribution in [2.24, 2.45) is 11.3 Å². The Kier molecular flexibility index (Phi) is 5.58. The van der Waals surface area contributed by atoms with Crippen LogP contribution in [-0.2, 0) is 9.59 Å². The molecule has 0 heterocycles. The molecular weight excluding hydrogens is 218 g/mol. The minimum atomic E-state index is -1.08. The summed E-state index contributed by atoms with van der Waals surface area (Å²) in [5.41, 5.74) is -0.979. The summed E-state index contributed by atoms with van der Waals surface area (Å²) in [6, 6.07) is 0. The topological polar surface area (TPSA) is 74.6 Å². The maximum absolute atomic E-state index is 11.0. The van der Waals surface area contributed by atoms with Gasteiger partial charge in [-0.1, -0.05) is 6.08 Å². The number of rotatable bonds is 2. The first-order valence-electron chi connectivity index (χ1n) is 4.25.